The first-order chi connectivity index (χ1) is 7.57. The normalized spacial score (nSPS) is 38.2. The van der Waals surface area contributed by atoms with Gasteiger partial charge in [0.2, 0.25) is 0 Å². The summed E-state index contributed by atoms with van der Waals surface area (Å²) in [5, 5.41) is 13.6. The van der Waals surface area contributed by atoms with E-state index in [0.717, 1.165) is 19.0 Å². The standard InChI is InChI=1S/C12H15FN2O/c1-12-3-8(4-12)10(15-12)11(16)7-2-9(13)6-14-5-7/h2,5-6,8,10-11,15-16H,3-4H2,1H3/t8?,10-,11?,12?/m0/s1. The molecule has 2 N–H and O–H groups in total. The Balaban J connectivity index is 1.81. The molecule has 16 heavy (non-hydrogen) atoms. The fraction of sp³-hybridized carbons (Fsp3) is 0.583. The number of rotatable bonds is 2. The van der Waals surface area contributed by atoms with E-state index in [4.69, 9.17) is 0 Å². The van der Waals surface area contributed by atoms with Gasteiger partial charge in [0, 0.05) is 23.3 Å². The first kappa shape index (κ1) is 10.2. The molecule has 1 unspecified atom stereocenters. The van der Waals surface area contributed by atoms with Gasteiger partial charge in [-0.15, -0.1) is 0 Å². The minimum atomic E-state index is -0.655. The molecule has 0 amide bonds. The molecule has 1 aromatic heterocycles. The molecule has 2 bridgehead atoms. The van der Waals surface area contributed by atoms with Crippen LogP contribution >= 0.6 is 0 Å². The van der Waals surface area contributed by atoms with Crippen LogP contribution in [0.25, 0.3) is 0 Å². The molecule has 0 radical (unpaired) electrons. The zero-order valence-electron chi connectivity index (χ0n) is 9.15. The molecule has 3 aliphatic rings. The highest BCUT2D eigenvalue weighted by atomic mass is 19.1. The number of nitrogens with one attached hydrogen (secondary N) is 1. The van der Waals surface area contributed by atoms with Gasteiger partial charge in [-0.1, -0.05) is 0 Å². The van der Waals surface area contributed by atoms with Crippen molar-refractivity contribution in [2.75, 3.05) is 0 Å². The Morgan fingerprint density at radius 3 is 2.88 bits per heavy atom. The second kappa shape index (κ2) is 3.25. The number of fused-ring (bicyclic) bond motifs is 1. The third kappa shape index (κ3) is 1.44. The molecular formula is C12H15FN2O. The van der Waals surface area contributed by atoms with Gasteiger partial charge in [-0.2, -0.15) is 0 Å². The summed E-state index contributed by atoms with van der Waals surface area (Å²) < 4.78 is 13.0. The Morgan fingerprint density at radius 1 is 1.56 bits per heavy atom. The number of hydrogen-bond acceptors (Lipinski definition) is 3. The summed E-state index contributed by atoms with van der Waals surface area (Å²) in [7, 11) is 0. The molecule has 4 heteroatoms. The van der Waals surface area contributed by atoms with Crippen molar-refractivity contribution in [1.82, 2.24) is 10.3 Å². The summed E-state index contributed by atoms with van der Waals surface area (Å²) in [6, 6.07) is 1.41. The van der Waals surface area contributed by atoms with E-state index in [9.17, 15) is 9.50 Å². The molecule has 1 aliphatic carbocycles. The number of hydrogen-bond donors (Lipinski definition) is 2. The average molecular weight is 222 g/mol. The highest BCUT2D eigenvalue weighted by Crippen LogP contribution is 2.49. The van der Waals surface area contributed by atoms with Crippen molar-refractivity contribution >= 4 is 0 Å². The molecule has 2 saturated heterocycles. The molecule has 1 saturated carbocycles. The second-order valence-corrected chi connectivity index (χ2v) is 5.28. The highest BCUT2D eigenvalue weighted by Gasteiger charge is 2.54. The Bertz CT molecular complexity index is 417. The monoisotopic (exact) mass is 222 g/mol. The summed E-state index contributed by atoms with van der Waals surface area (Å²) in [5.74, 6) is 0.122. The molecule has 2 aliphatic heterocycles. The van der Waals surface area contributed by atoms with Crippen LogP contribution in [0.15, 0.2) is 18.5 Å². The number of pyridine rings is 1. The maximum absolute atomic E-state index is 13.0. The lowest BCUT2D eigenvalue weighted by Gasteiger charge is -2.33. The van der Waals surface area contributed by atoms with Crippen LogP contribution in [-0.4, -0.2) is 21.7 Å². The molecule has 1 aromatic rings. The summed E-state index contributed by atoms with van der Waals surface area (Å²) in [6.45, 7) is 2.17. The van der Waals surface area contributed by atoms with Crippen LogP contribution < -0.4 is 5.32 Å². The topological polar surface area (TPSA) is 45.2 Å². The van der Waals surface area contributed by atoms with Crippen molar-refractivity contribution < 1.29 is 9.50 Å². The van der Waals surface area contributed by atoms with Crippen molar-refractivity contribution in [2.24, 2.45) is 5.92 Å². The number of halogens is 1. The first-order valence-corrected chi connectivity index (χ1v) is 5.64. The largest absolute Gasteiger partial charge is 0.387 e. The molecule has 0 spiro atoms. The van der Waals surface area contributed by atoms with Gasteiger partial charge in [0.15, 0.2) is 0 Å². The van der Waals surface area contributed by atoms with Crippen molar-refractivity contribution in [1.29, 1.82) is 0 Å². The highest BCUT2D eigenvalue weighted by molar-refractivity contribution is 5.21. The predicted molar refractivity (Wildman–Crippen MR) is 57.2 cm³/mol. The lowest BCUT2D eigenvalue weighted by molar-refractivity contribution is 0.120. The van der Waals surface area contributed by atoms with Crippen LogP contribution in [0.4, 0.5) is 4.39 Å². The quantitative estimate of drug-likeness (QED) is 0.795. The van der Waals surface area contributed by atoms with E-state index in [0.29, 0.717) is 11.5 Å². The maximum Gasteiger partial charge on any atom is 0.141 e. The van der Waals surface area contributed by atoms with Crippen molar-refractivity contribution in [3.05, 3.63) is 29.8 Å². The number of nitrogens with zero attached hydrogens (tertiary/aromatic N) is 1. The maximum atomic E-state index is 13.0. The SMILES string of the molecule is CC12CC(C1)[C@@H](C(O)c1cncc(F)c1)N2. The van der Waals surface area contributed by atoms with Gasteiger partial charge in [-0.05, 0) is 31.7 Å². The van der Waals surface area contributed by atoms with Crippen LogP contribution in [0.1, 0.15) is 31.4 Å². The summed E-state index contributed by atoms with van der Waals surface area (Å²) in [6.07, 6.45) is 4.25. The number of aliphatic hydroxyl groups excluding tert-OH is 1. The third-order valence-corrected chi connectivity index (χ3v) is 3.86. The Labute approximate surface area is 93.7 Å². The second-order valence-electron chi connectivity index (χ2n) is 5.28. The van der Waals surface area contributed by atoms with E-state index >= 15 is 0 Å². The fourth-order valence-corrected chi connectivity index (χ4v) is 3.12. The lowest BCUT2D eigenvalue weighted by Crippen LogP contribution is -2.40. The molecule has 2 atom stereocenters. The summed E-state index contributed by atoms with van der Waals surface area (Å²) in [4.78, 5) is 3.77. The third-order valence-electron chi connectivity index (χ3n) is 3.86. The van der Waals surface area contributed by atoms with Gasteiger partial charge in [-0.3, -0.25) is 4.98 Å². The number of aromatic nitrogens is 1. The average Bonchev–Trinajstić information content (AvgIpc) is 2.70. The molecular weight excluding hydrogens is 207 g/mol. The zero-order valence-corrected chi connectivity index (χ0v) is 9.15. The molecule has 4 rings (SSSR count). The molecule has 3 heterocycles. The predicted octanol–water partition coefficient (Wildman–Crippen LogP) is 1.39. The summed E-state index contributed by atoms with van der Waals surface area (Å²) >= 11 is 0. The van der Waals surface area contributed by atoms with E-state index in [1.807, 2.05) is 0 Å². The van der Waals surface area contributed by atoms with Crippen molar-refractivity contribution in [3.63, 3.8) is 0 Å². The van der Waals surface area contributed by atoms with Crippen LogP contribution in [-0.2, 0) is 0 Å². The first-order valence-electron chi connectivity index (χ1n) is 5.64. The van der Waals surface area contributed by atoms with Gasteiger partial charge >= 0.3 is 0 Å². The molecule has 3 fully saturated rings. The van der Waals surface area contributed by atoms with E-state index in [1.165, 1.54) is 12.3 Å². The van der Waals surface area contributed by atoms with Crippen LogP contribution in [0.5, 0.6) is 0 Å². The Kier molecular flexibility index (Phi) is 2.06. The smallest absolute Gasteiger partial charge is 0.141 e. The van der Waals surface area contributed by atoms with Gasteiger partial charge in [0.1, 0.15) is 5.82 Å². The van der Waals surface area contributed by atoms with E-state index in [1.54, 1.807) is 0 Å². The van der Waals surface area contributed by atoms with Gasteiger partial charge < -0.3 is 10.4 Å². The lowest BCUT2D eigenvalue weighted by atomic mass is 9.72. The minimum absolute atomic E-state index is 0.0496. The zero-order chi connectivity index (χ0) is 11.3. The van der Waals surface area contributed by atoms with Gasteiger partial charge in [0.25, 0.3) is 0 Å². The Hall–Kier alpha value is -1.00. The summed E-state index contributed by atoms with van der Waals surface area (Å²) in [5.41, 5.74) is 0.755. The number of aliphatic hydroxyl groups is 1. The molecule has 86 valence electrons. The van der Waals surface area contributed by atoms with E-state index in [-0.39, 0.29) is 11.6 Å². The minimum Gasteiger partial charge on any atom is -0.387 e. The van der Waals surface area contributed by atoms with Gasteiger partial charge in [0.05, 0.1) is 12.3 Å². The van der Waals surface area contributed by atoms with Crippen LogP contribution in [0.2, 0.25) is 0 Å². The molecule has 3 nitrogen and oxygen atoms in total. The van der Waals surface area contributed by atoms with Crippen molar-refractivity contribution in [3.8, 4) is 0 Å². The Morgan fingerprint density at radius 2 is 2.31 bits per heavy atom. The van der Waals surface area contributed by atoms with Gasteiger partial charge in [-0.25, -0.2) is 4.39 Å². The fourth-order valence-electron chi connectivity index (χ4n) is 3.12. The molecule has 0 aromatic carbocycles. The van der Waals surface area contributed by atoms with E-state index < -0.39 is 11.9 Å². The van der Waals surface area contributed by atoms with Crippen LogP contribution in [0, 0.1) is 11.7 Å². The van der Waals surface area contributed by atoms with Crippen molar-refractivity contribution in [2.45, 2.75) is 37.5 Å². The van der Waals surface area contributed by atoms with E-state index in [2.05, 4.69) is 17.2 Å². The van der Waals surface area contributed by atoms with Crippen LogP contribution in [0.3, 0.4) is 0 Å².